The van der Waals surface area contributed by atoms with Crippen LogP contribution in [0.15, 0.2) is 48.8 Å². The van der Waals surface area contributed by atoms with Gasteiger partial charge in [0.25, 0.3) is 5.91 Å². The van der Waals surface area contributed by atoms with Crippen LogP contribution >= 0.6 is 0 Å². The highest BCUT2D eigenvalue weighted by Gasteiger charge is 2.27. The van der Waals surface area contributed by atoms with Gasteiger partial charge in [-0.2, -0.15) is 0 Å². The first-order valence-electron chi connectivity index (χ1n) is 8.45. The lowest BCUT2D eigenvalue weighted by Crippen LogP contribution is -2.29. The second-order valence-corrected chi connectivity index (χ2v) is 6.37. The number of methoxy groups -OCH3 is 1. The largest absolute Gasteiger partial charge is 0.497 e. The summed E-state index contributed by atoms with van der Waals surface area (Å²) >= 11 is 0. The van der Waals surface area contributed by atoms with E-state index in [9.17, 15) is 4.79 Å². The molecule has 4 aromatic rings. The SMILES string of the molecule is COc1ccc2cc3c(nc2c1)N(C(=O)c1ccc2nc[nH]c2c1)CC3. The molecule has 26 heavy (non-hydrogen) atoms. The number of ether oxygens (including phenoxy) is 1. The fourth-order valence-corrected chi connectivity index (χ4v) is 3.49. The molecule has 0 atom stereocenters. The molecule has 0 aliphatic carbocycles. The molecule has 0 bridgehead atoms. The van der Waals surface area contributed by atoms with Crippen LogP contribution in [0.25, 0.3) is 21.9 Å². The van der Waals surface area contributed by atoms with E-state index < -0.39 is 0 Å². The highest BCUT2D eigenvalue weighted by molar-refractivity contribution is 6.08. The van der Waals surface area contributed by atoms with Crippen molar-refractivity contribution in [2.24, 2.45) is 0 Å². The summed E-state index contributed by atoms with van der Waals surface area (Å²) in [5.41, 5.74) is 4.25. The van der Waals surface area contributed by atoms with Crippen molar-refractivity contribution in [1.82, 2.24) is 15.0 Å². The predicted octanol–water partition coefficient (Wildman–Crippen LogP) is 3.32. The highest BCUT2D eigenvalue weighted by Crippen LogP contribution is 2.32. The van der Waals surface area contributed by atoms with Gasteiger partial charge < -0.3 is 9.72 Å². The molecule has 0 spiro atoms. The van der Waals surface area contributed by atoms with Crippen LogP contribution in [-0.4, -0.2) is 34.5 Å². The lowest BCUT2D eigenvalue weighted by Gasteiger charge is -2.17. The third kappa shape index (κ3) is 2.23. The van der Waals surface area contributed by atoms with E-state index in [0.29, 0.717) is 12.1 Å². The number of pyridine rings is 1. The molecule has 6 heteroatoms. The van der Waals surface area contributed by atoms with Crippen molar-refractivity contribution in [3.63, 3.8) is 0 Å². The summed E-state index contributed by atoms with van der Waals surface area (Å²) in [5.74, 6) is 1.45. The third-order valence-electron chi connectivity index (χ3n) is 4.85. The zero-order valence-electron chi connectivity index (χ0n) is 14.2. The van der Waals surface area contributed by atoms with Gasteiger partial charge >= 0.3 is 0 Å². The Kier molecular flexibility index (Phi) is 3.18. The Hall–Kier alpha value is -3.41. The van der Waals surface area contributed by atoms with Gasteiger partial charge in [-0.3, -0.25) is 9.69 Å². The second-order valence-electron chi connectivity index (χ2n) is 6.37. The number of nitrogens with one attached hydrogen (secondary N) is 1. The number of H-pyrrole nitrogens is 1. The maximum atomic E-state index is 13.1. The summed E-state index contributed by atoms with van der Waals surface area (Å²) in [7, 11) is 1.63. The fourth-order valence-electron chi connectivity index (χ4n) is 3.49. The Bertz CT molecular complexity index is 1170. The van der Waals surface area contributed by atoms with E-state index in [1.165, 1.54) is 0 Å². The van der Waals surface area contributed by atoms with Gasteiger partial charge in [0.2, 0.25) is 0 Å². The molecule has 0 unspecified atom stereocenters. The molecular weight excluding hydrogens is 328 g/mol. The lowest BCUT2D eigenvalue weighted by molar-refractivity contribution is 0.0989. The zero-order chi connectivity index (χ0) is 17.7. The Morgan fingerprint density at radius 3 is 2.96 bits per heavy atom. The first-order chi connectivity index (χ1) is 12.7. The summed E-state index contributed by atoms with van der Waals surface area (Å²) < 4.78 is 5.29. The van der Waals surface area contributed by atoms with Crippen molar-refractivity contribution in [1.29, 1.82) is 0 Å². The normalized spacial score (nSPS) is 13.3. The van der Waals surface area contributed by atoms with Crippen molar-refractivity contribution in [2.45, 2.75) is 6.42 Å². The molecule has 1 aliphatic heterocycles. The number of benzene rings is 2. The molecule has 128 valence electrons. The molecule has 1 amide bonds. The van der Waals surface area contributed by atoms with Gasteiger partial charge in [0.15, 0.2) is 0 Å². The minimum Gasteiger partial charge on any atom is -0.497 e. The van der Waals surface area contributed by atoms with Crippen LogP contribution in [0.1, 0.15) is 15.9 Å². The Labute approximate surface area is 149 Å². The van der Waals surface area contributed by atoms with E-state index in [-0.39, 0.29) is 5.91 Å². The number of nitrogens with zero attached hydrogens (tertiary/aromatic N) is 3. The van der Waals surface area contributed by atoms with Gasteiger partial charge in [0, 0.05) is 23.6 Å². The van der Waals surface area contributed by atoms with E-state index >= 15 is 0 Å². The van der Waals surface area contributed by atoms with Crippen molar-refractivity contribution in [3.8, 4) is 5.75 Å². The first-order valence-corrected chi connectivity index (χ1v) is 8.45. The number of amides is 1. The van der Waals surface area contributed by atoms with E-state index in [1.807, 2.05) is 36.4 Å². The van der Waals surface area contributed by atoms with E-state index in [0.717, 1.165) is 45.5 Å². The molecule has 0 saturated heterocycles. The number of carbonyl (C=O) groups excluding carboxylic acids is 1. The zero-order valence-corrected chi connectivity index (χ0v) is 14.2. The number of fused-ring (bicyclic) bond motifs is 3. The van der Waals surface area contributed by atoms with Crippen LogP contribution in [0.2, 0.25) is 0 Å². The molecule has 1 N–H and O–H groups in total. The topological polar surface area (TPSA) is 71.1 Å². The van der Waals surface area contributed by atoms with E-state index in [2.05, 4.69) is 16.0 Å². The maximum absolute atomic E-state index is 13.1. The van der Waals surface area contributed by atoms with Crippen molar-refractivity contribution in [3.05, 3.63) is 59.9 Å². The smallest absolute Gasteiger partial charge is 0.259 e. The second kappa shape index (κ2) is 5.56. The molecule has 0 saturated carbocycles. The molecule has 3 heterocycles. The Morgan fingerprint density at radius 1 is 1.15 bits per heavy atom. The number of hydrogen-bond donors (Lipinski definition) is 1. The summed E-state index contributed by atoms with van der Waals surface area (Å²) in [6, 6.07) is 13.4. The molecule has 0 fully saturated rings. The van der Waals surface area contributed by atoms with Gasteiger partial charge in [-0.1, -0.05) is 0 Å². The lowest BCUT2D eigenvalue weighted by atomic mass is 10.1. The van der Waals surface area contributed by atoms with Crippen LogP contribution in [0.3, 0.4) is 0 Å². The quantitative estimate of drug-likeness (QED) is 0.605. The van der Waals surface area contributed by atoms with Crippen LogP contribution in [0.5, 0.6) is 5.75 Å². The van der Waals surface area contributed by atoms with Crippen molar-refractivity contribution in [2.75, 3.05) is 18.6 Å². The predicted molar refractivity (Wildman–Crippen MR) is 99.8 cm³/mol. The summed E-state index contributed by atoms with van der Waals surface area (Å²) in [6.45, 7) is 0.635. The molecule has 2 aromatic heterocycles. The molecule has 1 aliphatic rings. The third-order valence-corrected chi connectivity index (χ3v) is 4.85. The average Bonchev–Trinajstić information content (AvgIpc) is 3.31. The van der Waals surface area contributed by atoms with Gasteiger partial charge in [0.05, 0.1) is 30.0 Å². The Morgan fingerprint density at radius 2 is 2.08 bits per heavy atom. The highest BCUT2D eigenvalue weighted by atomic mass is 16.5. The first kappa shape index (κ1) is 14.9. The molecule has 6 nitrogen and oxygen atoms in total. The molecule has 0 radical (unpaired) electrons. The van der Waals surface area contributed by atoms with Gasteiger partial charge in [-0.05, 0) is 48.4 Å². The monoisotopic (exact) mass is 344 g/mol. The van der Waals surface area contributed by atoms with Crippen molar-refractivity contribution >= 4 is 33.7 Å². The van der Waals surface area contributed by atoms with Crippen molar-refractivity contribution < 1.29 is 9.53 Å². The molecule has 2 aromatic carbocycles. The van der Waals surface area contributed by atoms with Gasteiger partial charge in [0.1, 0.15) is 11.6 Å². The number of imidazole rings is 1. The summed E-state index contributed by atoms with van der Waals surface area (Å²) in [4.78, 5) is 26.8. The maximum Gasteiger partial charge on any atom is 0.259 e. The number of anilines is 1. The fraction of sp³-hybridized carbons (Fsp3) is 0.150. The molecular formula is C20H16N4O2. The summed E-state index contributed by atoms with van der Waals surface area (Å²) in [6.07, 6.45) is 2.44. The standard InChI is InChI=1S/C20H16N4O2/c1-26-15-4-2-12-8-13-6-7-24(19(13)23-17(12)10-15)20(25)14-3-5-16-18(9-14)22-11-21-16/h2-5,8-11H,6-7H2,1H3,(H,21,22). The Balaban J connectivity index is 1.57. The summed E-state index contributed by atoms with van der Waals surface area (Å²) in [5, 5.41) is 1.05. The van der Waals surface area contributed by atoms with E-state index in [4.69, 9.17) is 9.72 Å². The van der Waals surface area contributed by atoms with Gasteiger partial charge in [-0.25, -0.2) is 9.97 Å². The van der Waals surface area contributed by atoms with Gasteiger partial charge in [-0.15, -0.1) is 0 Å². The number of rotatable bonds is 2. The molecule has 5 rings (SSSR count). The number of carbonyl (C=O) groups is 1. The van der Waals surface area contributed by atoms with Crippen LogP contribution < -0.4 is 9.64 Å². The van der Waals surface area contributed by atoms with Crippen LogP contribution in [0, 0.1) is 0 Å². The number of aromatic amines is 1. The van der Waals surface area contributed by atoms with E-state index in [1.54, 1.807) is 18.3 Å². The number of hydrogen-bond acceptors (Lipinski definition) is 4. The minimum atomic E-state index is -0.0463. The number of aromatic nitrogens is 3. The average molecular weight is 344 g/mol. The van der Waals surface area contributed by atoms with Crippen LogP contribution in [-0.2, 0) is 6.42 Å². The minimum absolute atomic E-state index is 0.0463. The van der Waals surface area contributed by atoms with Crippen LogP contribution in [0.4, 0.5) is 5.82 Å².